The fourth-order valence-electron chi connectivity index (χ4n) is 3.55. The van der Waals surface area contributed by atoms with E-state index >= 15 is 0 Å². The van der Waals surface area contributed by atoms with Gasteiger partial charge in [0, 0.05) is 11.1 Å². The van der Waals surface area contributed by atoms with E-state index in [1.54, 1.807) is 7.11 Å². The highest BCUT2D eigenvalue weighted by molar-refractivity contribution is 5.63. The number of hydrogen-bond acceptors (Lipinski definition) is 2. The first-order chi connectivity index (χ1) is 14.3. The van der Waals surface area contributed by atoms with Gasteiger partial charge in [0.15, 0.2) is 0 Å². The Morgan fingerprint density at radius 3 is 2.00 bits per heavy atom. The van der Waals surface area contributed by atoms with Crippen LogP contribution in [0.3, 0.4) is 0 Å². The molecular weight excluding hydrogens is 392 g/mol. The molecule has 0 amide bonds. The zero-order valence-corrected chi connectivity index (χ0v) is 22.4. The van der Waals surface area contributed by atoms with Crippen LogP contribution in [-0.2, 0) is 5.41 Å². The summed E-state index contributed by atoms with van der Waals surface area (Å²) < 4.78 is 12.2. The molecule has 186 valence electrons. The van der Waals surface area contributed by atoms with Crippen molar-refractivity contribution in [2.75, 3.05) is 13.7 Å². The van der Waals surface area contributed by atoms with Crippen LogP contribution in [0.4, 0.5) is 0 Å². The summed E-state index contributed by atoms with van der Waals surface area (Å²) in [5, 5.41) is 0. The summed E-state index contributed by atoms with van der Waals surface area (Å²) in [6.07, 6.45) is 9.42. The average molecular weight is 447 g/mol. The summed E-state index contributed by atoms with van der Waals surface area (Å²) >= 11 is 0. The van der Waals surface area contributed by atoms with Crippen LogP contribution in [0, 0.1) is 23.2 Å². The topological polar surface area (TPSA) is 18.5 Å². The lowest BCUT2D eigenvalue weighted by molar-refractivity contribution is 0.262. The normalized spacial score (nSPS) is 13.5. The van der Waals surface area contributed by atoms with Crippen molar-refractivity contribution in [2.45, 2.75) is 108 Å². The molecule has 1 aromatic rings. The maximum Gasteiger partial charge on any atom is 0.126 e. The first-order valence-corrected chi connectivity index (χ1v) is 12.3. The van der Waals surface area contributed by atoms with Gasteiger partial charge in [-0.25, -0.2) is 0 Å². The van der Waals surface area contributed by atoms with Gasteiger partial charge in [-0.05, 0) is 47.1 Å². The lowest BCUT2D eigenvalue weighted by Gasteiger charge is -2.32. The van der Waals surface area contributed by atoms with Gasteiger partial charge >= 0.3 is 0 Å². The van der Waals surface area contributed by atoms with E-state index in [-0.39, 0.29) is 18.3 Å². The Balaban J connectivity index is 0.00000961. The van der Waals surface area contributed by atoms with Crippen LogP contribution < -0.4 is 9.47 Å². The van der Waals surface area contributed by atoms with Crippen molar-refractivity contribution in [3.8, 4) is 11.5 Å². The van der Waals surface area contributed by atoms with E-state index in [1.165, 1.54) is 24.8 Å². The highest BCUT2D eigenvalue weighted by atomic mass is 16.5. The van der Waals surface area contributed by atoms with Crippen molar-refractivity contribution >= 4 is 6.08 Å². The Kier molecular flexibility index (Phi) is 12.7. The maximum atomic E-state index is 6.45. The third kappa shape index (κ3) is 10.0. The molecule has 0 aliphatic carbocycles. The van der Waals surface area contributed by atoms with E-state index < -0.39 is 0 Å². The van der Waals surface area contributed by atoms with Crippen LogP contribution in [0.1, 0.15) is 113 Å². The molecule has 1 aromatic carbocycles. The largest absolute Gasteiger partial charge is 0.496 e. The molecule has 0 bridgehead atoms. The standard InChI is InChI=1S/C29H50O2.CH4/c1-21(2)13-12-14-23(5)16-18-31-27-19-24(15-17-28(6,7)8)26(30-11)20-25(27)29(9,10)22(3)4;/h15,17,19-23H,12-14,16,18H2,1-11H3;1H4/b17-15+;. The lowest BCUT2D eigenvalue weighted by atomic mass is 9.74. The molecule has 0 radical (unpaired) electrons. The van der Waals surface area contributed by atoms with E-state index in [0.717, 1.165) is 36.0 Å². The predicted molar refractivity (Wildman–Crippen MR) is 144 cm³/mol. The second-order valence-corrected chi connectivity index (χ2v) is 11.7. The van der Waals surface area contributed by atoms with Gasteiger partial charge in [-0.15, -0.1) is 0 Å². The van der Waals surface area contributed by atoms with Gasteiger partial charge in [0.2, 0.25) is 0 Å². The minimum absolute atomic E-state index is 0. The van der Waals surface area contributed by atoms with Crippen molar-refractivity contribution in [1.82, 2.24) is 0 Å². The average Bonchev–Trinajstić information content (AvgIpc) is 2.65. The van der Waals surface area contributed by atoms with Crippen LogP contribution in [0.2, 0.25) is 0 Å². The molecule has 1 rings (SSSR count). The SMILES string of the molecule is C.COc1cc(C(C)(C)C(C)C)c(OCCC(C)CCCC(C)C)cc1/C=C/C(C)(C)C. The van der Waals surface area contributed by atoms with Crippen LogP contribution in [-0.4, -0.2) is 13.7 Å². The molecule has 0 aromatic heterocycles. The molecule has 32 heavy (non-hydrogen) atoms. The number of methoxy groups -OCH3 is 1. The van der Waals surface area contributed by atoms with E-state index in [1.807, 2.05) is 0 Å². The third-order valence-corrected chi connectivity index (χ3v) is 6.58. The number of hydrogen-bond donors (Lipinski definition) is 0. The number of benzene rings is 1. The molecule has 1 unspecified atom stereocenters. The minimum Gasteiger partial charge on any atom is -0.496 e. The number of allylic oxidation sites excluding steroid dienone is 1. The van der Waals surface area contributed by atoms with Crippen molar-refractivity contribution in [3.05, 3.63) is 29.3 Å². The summed E-state index contributed by atoms with van der Waals surface area (Å²) in [7, 11) is 1.76. The van der Waals surface area contributed by atoms with E-state index in [9.17, 15) is 0 Å². The molecule has 0 aliphatic rings. The smallest absolute Gasteiger partial charge is 0.126 e. The molecule has 0 fully saturated rings. The summed E-state index contributed by atoms with van der Waals surface area (Å²) in [6, 6.07) is 4.38. The fraction of sp³-hybridized carbons (Fsp3) is 0.733. The lowest BCUT2D eigenvalue weighted by Crippen LogP contribution is -2.25. The van der Waals surface area contributed by atoms with Crippen molar-refractivity contribution in [2.24, 2.45) is 23.2 Å². The van der Waals surface area contributed by atoms with E-state index in [4.69, 9.17) is 9.47 Å². The Labute approximate surface area is 201 Å². The van der Waals surface area contributed by atoms with Gasteiger partial charge in [-0.2, -0.15) is 0 Å². The molecule has 0 aliphatic heterocycles. The van der Waals surface area contributed by atoms with Crippen molar-refractivity contribution in [3.63, 3.8) is 0 Å². The van der Waals surface area contributed by atoms with Gasteiger partial charge in [-0.3, -0.25) is 0 Å². The third-order valence-electron chi connectivity index (χ3n) is 6.58. The molecule has 2 heteroatoms. The molecule has 0 saturated heterocycles. The summed E-state index contributed by atoms with van der Waals surface area (Å²) in [5.74, 6) is 3.90. The Bertz CT molecular complexity index is 690. The quantitative estimate of drug-likeness (QED) is 0.318. The molecule has 0 saturated carbocycles. The Morgan fingerprint density at radius 2 is 1.50 bits per heavy atom. The molecule has 0 heterocycles. The highest BCUT2D eigenvalue weighted by Gasteiger charge is 2.29. The van der Waals surface area contributed by atoms with Crippen LogP contribution in [0.15, 0.2) is 18.2 Å². The van der Waals surface area contributed by atoms with Crippen molar-refractivity contribution in [1.29, 1.82) is 0 Å². The fourth-order valence-corrected chi connectivity index (χ4v) is 3.55. The van der Waals surface area contributed by atoms with E-state index in [0.29, 0.717) is 11.8 Å². The maximum absolute atomic E-state index is 6.45. The molecule has 2 nitrogen and oxygen atoms in total. The second kappa shape index (κ2) is 13.3. The molecule has 1 atom stereocenters. The van der Waals surface area contributed by atoms with Crippen molar-refractivity contribution < 1.29 is 9.47 Å². The minimum atomic E-state index is -0.00222. The van der Waals surface area contributed by atoms with Gasteiger partial charge < -0.3 is 9.47 Å². The predicted octanol–water partition coefficient (Wildman–Crippen LogP) is 9.56. The monoisotopic (exact) mass is 446 g/mol. The highest BCUT2D eigenvalue weighted by Crippen LogP contribution is 2.41. The van der Waals surface area contributed by atoms with E-state index in [2.05, 4.69) is 93.5 Å². The van der Waals surface area contributed by atoms with Gasteiger partial charge in [0.05, 0.1) is 13.7 Å². The summed E-state index contributed by atoms with van der Waals surface area (Å²) in [4.78, 5) is 0. The van der Waals surface area contributed by atoms with Gasteiger partial charge in [-0.1, -0.05) is 108 Å². The van der Waals surface area contributed by atoms with Gasteiger partial charge in [0.25, 0.3) is 0 Å². The first-order valence-electron chi connectivity index (χ1n) is 12.3. The van der Waals surface area contributed by atoms with Crippen LogP contribution in [0.5, 0.6) is 11.5 Å². The molecule has 0 N–H and O–H groups in total. The zero-order valence-electron chi connectivity index (χ0n) is 22.4. The summed E-state index contributed by atoms with van der Waals surface area (Å²) in [5.41, 5.74) is 2.44. The second-order valence-electron chi connectivity index (χ2n) is 11.7. The zero-order chi connectivity index (χ0) is 23.8. The van der Waals surface area contributed by atoms with Gasteiger partial charge in [0.1, 0.15) is 11.5 Å². The van der Waals surface area contributed by atoms with Crippen LogP contribution >= 0.6 is 0 Å². The van der Waals surface area contributed by atoms with Crippen LogP contribution in [0.25, 0.3) is 6.08 Å². The number of ether oxygens (including phenoxy) is 2. The molecular formula is C30H54O2. The Hall–Kier alpha value is -1.44. The first kappa shape index (κ1) is 30.6. The summed E-state index contributed by atoms with van der Waals surface area (Å²) in [6.45, 7) is 23.5. The number of rotatable bonds is 12. The molecule has 0 spiro atoms. The Morgan fingerprint density at radius 1 is 0.875 bits per heavy atom.